The Hall–Kier alpha value is -1.53. The number of nitrogens with one attached hydrogen (secondary N) is 1. The van der Waals surface area contributed by atoms with Gasteiger partial charge in [0.05, 0.1) is 0 Å². The van der Waals surface area contributed by atoms with Crippen LogP contribution in [0.5, 0.6) is 5.75 Å². The maximum atomic E-state index is 9.82. The number of hydrogen-bond acceptors (Lipinski definition) is 6. The first-order valence-electron chi connectivity index (χ1n) is 7.08. The van der Waals surface area contributed by atoms with E-state index in [2.05, 4.69) is 15.5 Å². The molecule has 5 nitrogen and oxygen atoms in total. The van der Waals surface area contributed by atoms with Crippen molar-refractivity contribution >= 4 is 11.8 Å². The number of aryl methyl sites for hydroxylation is 2. The van der Waals surface area contributed by atoms with Crippen LogP contribution in [0.4, 0.5) is 0 Å². The second-order valence-corrected chi connectivity index (χ2v) is 6.55. The van der Waals surface area contributed by atoms with Gasteiger partial charge in [-0.1, -0.05) is 5.16 Å². The predicted molar refractivity (Wildman–Crippen MR) is 83.7 cm³/mol. The largest absolute Gasteiger partial charge is 0.507 e. The molecule has 6 heteroatoms. The van der Waals surface area contributed by atoms with Crippen LogP contribution in [0.15, 0.2) is 16.7 Å². The highest BCUT2D eigenvalue weighted by molar-refractivity contribution is 7.99. The molecular formula is C15H19N3O2S. The lowest BCUT2D eigenvalue weighted by Crippen LogP contribution is -2.38. The molecule has 0 aliphatic carbocycles. The van der Waals surface area contributed by atoms with E-state index in [9.17, 15) is 5.11 Å². The average Bonchev–Trinajstić information content (AvgIpc) is 2.94. The van der Waals surface area contributed by atoms with Crippen molar-refractivity contribution in [3.8, 4) is 17.1 Å². The van der Waals surface area contributed by atoms with Crippen LogP contribution in [0.3, 0.4) is 0 Å². The lowest BCUT2D eigenvalue weighted by molar-refractivity contribution is 0.363. The molecule has 2 aromatic rings. The summed E-state index contributed by atoms with van der Waals surface area (Å²) < 4.78 is 5.36. The number of aromatic nitrogens is 2. The highest BCUT2D eigenvalue weighted by atomic mass is 32.2. The number of rotatable bonds is 3. The van der Waals surface area contributed by atoms with E-state index in [1.54, 1.807) is 0 Å². The average molecular weight is 305 g/mol. The number of hydrogen-bond donors (Lipinski definition) is 2. The molecular weight excluding hydrogens is 286 g/mol. The van der Waals surface area contributed by atoms with Crippen molar-refractivity contribution in [3.05, 3.63) is 29.2 Å². The summed E-state index contributed by atoms with van der Waals surface area (Å²) in [5.41, 5.74) is 2.52. The first kappa shape index (κ1) is 14.4. The third kappa shape index (κ3) is 3.22. The number of aromatic hydroxyl groups is 1. The van der Waals surface area contributed by atoms with Crippen LogP contribution in [0.25, 0.3) is 11.4 Å². The summed E-state index contributed by atoms with van der Waals surface area (Å²) in [6.45, 7) is 4.78. The van der Waals surface area contributed by atoms with Crippen molar-refractivity contribution in [2.24, 2.45) is 0 Å². The van der Waals surface area contributed by atoms with Crippen molar-refractivity contribution in [3.63, 3.8) is 0 Å². The van der Waals surface area contributed by atoms with Crippen LogP contribution in [-0.2, 0) is 6.42 Å². The van der Waals surface area contributed by atoms with Gasteiger partial charge in [-0.15, -0.1) is 0 Å². The van der Waals surface area contributed by atoms with Crippen molar-refractivity contribution in [1.82, 2.24) is 15.5 Å². The third-order valence-electron chi connectivity index (χ3n) is 3.64. The van der Waals surface area contributed by atoms with Gasteiger partial charge in [-0.25, -0.2) is 0 Å². The van der Waals surface area contributed by atoms with Crippen molar-refractivity contribution in [1.29, 1.82) is 0 Å². The van der Waals surface area contributed by atoms with Crippen LogP contribution in [0.1, 0.15) is 17.0 Å². The quantitative estimate of drug-likeness (QED) is 0.907. The van der Waals surface area contributed by atoms with Gasteiger partial charge in [-0.2, -0.15) is 16.7 Å². The molecule has 112 valence electrons. The summed E-state index contributed by atoms with van der Waals surface area (Å²) >= 11 is 1.95. The molecule has 1 saturated heterocycles. The fraction of sp³-hybridized carbons (Fsp3) is 0.467. The Labute approximate surface area is 128 Å². The smallest absolute Gasteiger partial charge is 0.228 e. The number of benzene rings is 1. The Morgan fingerprint density at radius 2 is 2.14 bits per heavy atom. The van der Waals surface area contributed by atoms with E-state index in [-0.39, 0.29) is 0 Å². The molecule has 1 aliphatic rings. The Morgan fingerprint density at radius 1 is 1.38 bits per heavy atom. The molecule has 1 aromatic heterocycles. The second-order valence-electron chi connectivity index (χ2n) is 5.40. The van der Waals surface area contributed by atoms with Gasteiger partial charge < -0.3 is 14.9 Å². The molecule has 1 aliphatic heterocycles. The van der Waals surface area contributed by atoms with Gasteiger partial charge in [0.25, 0.3) is 0 Å². The highest BCUT2D eigenvalue weighted by Crippen LogP contribution is 2.27. The maximum Gasteiger partial charge on any atom is 0.228 e. The molecule has 1 aromatic carbocycles. The van der Waals surface area contributed by atoms with E-state index >= 15 is 0 Å². The summed E-state index contributed by atoms with van der Waals surface area (Å²) in [5, 5.41) is 17.3. The molecule has 3 rings (SSSR count). The monoisotopic (exact) mass is 305 g/mol. The Morgan fingerprint density at radius 3 is 2.81 bits per heavy atom. The van der Waals surface area contributed by atoms with E-state index in [4.69, 9.17) is 4.52 Å². The predicted octanol–water partition coefficient (Wildman–Crippen LogP) is 2.31. The van der Waals surface area contributed by atoms with Crippen LogP contribution < -0.4 is 5.32 Å². The highest BCUT2D eigenvalue weighted by Gasteiger charge is 2.18. The van der Waals surface area contributed by atoms with Crippen LogP contribution in [0, 0.1) is 13.8 Å². The summed E-state index contributed by atoms with van der Waals surface area (Å²) in [6, 6.07) is 4.16. The Balaban J connectivity index is 1.78. The number of phenolic OH excluding ortho intramolecular Hbond substituents is 1. The lowest BCUT2D eigenvalue weighted by Gasteiger charge is -2.21. The molecule has 0 saturated carbocycles. The number of thioether (sulfide) groups is 1. The van der Waals surface area contributed by atoms with Gasteiger partial charge in [-0.3, -0.25) is 0 Å². The van der Waals surface area contributed by atoms with Gasteiger partial charge >= 0.3 is 0 Å². The first-order chi connectivity index (χ1) is 10.1. The van der Waals surface area contributed by atoms with Crippen molar-refractivity contribution in [2.45, 2.75) is 26.3 Å². The van der Waals surface area contributed by atoms with Gasteiger partial charge in [0.2, 0.25) is 11.7 Å². The van der Waals surface area contributed by atoms with Gasteiger partial charge in [0, 0.05) is 36.1 Å². The number of phenols is 1. The van der Waals surface area contributed by atoms with E-state index in [0.29, 0.717) is 23.5 Å². The maximum absolute atomic E-state index is 9.82. The molecule has 1 fully saturated rings. The second kappa shape index (κ2) is 6.07. The molecule has 1 unspecified atom stereocenters. The molecule has 1 atom stereocenters. The summed E-state index contributed by atoms with van der Waals surface area (Å²) in [7, 11) is 0. The molecule has 0 amide bonds. The molecule has 2 heterocycles. The van der Waals surface area contributed by atoms with E-state index in [1.165, 1.54) is 0 Å². The Kier molecular flexibility index (Phi) is 4.17. The SMILES string of the molecule is Cc1cc(-c2noc(CC3CSCCN3)n2)cc(C)c1O. The van der Waals surface area contributed by atoms with Crippen LogP contribution in [0.2, 0.25) is 0 Å². The van der Waals surface area contributed by atoms with Gasteiger partial charge in [0.15, 0.2) is 0 Å². The van der Waals surface area contributed by atoms with Crippen molar-refractivity contribution in [2.75, 3.05) is 18.1 Å². The topological polar surface area (TPSA) is 71.2 Å². The lowest BCUT2D eigenvalue weighted by atomic mass is 10.1. The normalized spacial score (nSPS) is 18.9. The molecule has 0 bridgehead atoms. The minimum atomic E-state index is 0.325. The first-order valence-corrected chi connectivity index (χ1v) is 8.23. The zero-order valence-electron chi connectivity index (χ0n) is 12.2. The van der Waals surface area contributed by atoms with Crippen LogP contribution >= 0.6 is 11.8 Å². The standard InChI is InChI=1S/C15H19N3O2S/c1-9-5-11(6-10(2)14(9)19)15-17-13(20-18-15)7-12-8-21-4-3-16-12/h5-6,12,16,19H,3-4,7-8H2,1-2H3. The summed E-state index contributed by atoms with van der Waals surface area (Å²) in [5.74, 6) is 3.81. The summed E-state index contributed by atoms with van der Waals surface area (Å²) in [4.78, 5) is 4.48. The zero-order valence-corrected chi connectivity index (χ0v) is 13.0. The fourth-order valence-corrected chi connectivity index (χ4v) is 3.45. The van der Waals surface area contributed by atoms with E-state index < -0.39 is 0 Å². The zero-order chi connectivity index (χ0) is 14.8. The summed E-state index contributed by atoms with van der Waals surface area (Å²) in [6.07, 6.45) is 0.760. The Bertz CT molecular complexity index is 613. The van der Waals surface area contributed by atoms with Gasteiger partial charge in [0.1, 0.15) is 5.75 Å². The molecule has 2 N–H and O–H groups in total. The minimum Gasteiger partial charge on any atom is -0.507 e. The third-order valence-corrected chi connectivity index (χ3v) is 4.77. The fourth-order valence-electron chi connectivity index (χ4n) is 2.50. The molecule has 0 radical (unpaired) electrons. The number of nitrogens with zero attached hydrogens (tertiary/aromatic N) is 2. The minimum absolute atomic E-state index is 0.325. The van der Waals surface area contributed by atoms with E-state index in [1.807, 2.05) is 37.7 Å². The van der Waals surface area contributed by atoms with E-state index in [0.717, 1.165) is 41.2 Å². The van der Waals surface area contributed by atoms with Crippen LogP contribution in [-0.4, -0.2) is 39.3 Å². The van der Waals surface area contributed by atoms with Gasteiger partial charge in [-0.05, 0) is 37.1 Å². The molecule has 21 heavy (non-hydrogen) atoms. The van der Waals surface area contributed by atoms with Crippen molar-refractivity contribution < 1.29 is 9.63 Å². The molecule has 0 spiro atoms.